The Balaban J connectivity index is 2.69. The predicted molar refractivity (Wildman–Crippen MR) is 53.6 cm³/mol. The topological polar surface area (TPSA) is 92.2 Å². The smallest absolute Gasteiger partial charge is 0.269 e. The van der Waals surface area contributed by atoms with Crippen LogP contribution >= 0.6 is 11.3 Å². The van der Waals surface area contributed by atoms with Gasteiger partial charge in [-0.3, -0.25) is 4.55 Å². The van der Waals surface area contributed by atoms with E-state index < -0.39 is 10.3 Å². The van der Waals surface area contributed by atoms with Gasteiger partial charge in [0.15, 0.2) is 0 Å². The molecule has 8 heteroatoms. The van der Waals surface area contributed by atoms with Crippen molar-refractivity contribution in [1.29, 1.82) is 0 Å². The molecule has 2 N–H and O–H groups in total. The first-order chi connectivity index (χ1) is 6.37. The Morgan fingerprint density at radius 3 is 2.64 bits per heavy atom. The molecule has 1 rings (SSSR count). The van der Waals surface area contributed by atoms with E-state index in [9.17, 15) is 8.42 Å². The molecule has 0 unspecified atom stereocenters. The molecule has 0 radical (unpaired) electrons. The molecule has 0 aliphatic heterocycles. The molecule has 14 heavy (non-hydrogen) atoms. The van der Waals surface area contributed by atoms with Gasteiger partial charge in [-0.15, -0.1) is 10.2 Å². The minimum Gasteiger partial charge on any atom is -0.269 e. The fourth-order valence-electron chi connectivity index (χ4n) is 0.837. The van der Waals surface area contributed by atoms with Gasteiger partial charge in [0.1, 0.15) is 5.01 Å². The Morgan fingerprint density at radius 2 is 2.14 bits per heavy atom. The van der Waals surface area contributed by atoms with Crippen LogP contribution in [0.15, 0.2) is 0 Å². The first-order valence-electron chi connectivity index (χ1n) is 3.94. The zero-order valence-electron chi connectivity index (χ0n) is 7.76. The van der Waals surface area contributed by atoms with E-state index in [0.717, 1.165) is 22.8 Å². The molecule has 80 valence electrons. The van der Waals surface area contributed by atoms with Gasteiger partial charge >= 0.3 is 10.3 Å². The molecule has 0 bridgehead atoms. The van der Waals surface area contributed by atoms with E-state index in [1.165, 1.54) is 0 Å². The maximum Gasteiger partial charge on any atom is 0.359 e. The van der Waals surface area contributed by atoms with E-state index in [2.05, 4.69) is 10.2 Å². The number of nitrogens with zero attached hydrogens (tertiary/aromatic N) is 2. The SMILES string of the molecule is CC(C)Cc1nnc(NS(=O)(=O)O)s1. The van der Waals surface area contributed by atoms with Crippen molar-refractivity contribution in [3.8, 4) is 0 Å². The summed E-state index contributed by atoms with van der Waals surface area (Å²) in [6, 6.07) is 0. The molecular formula is C6H11N3O3S2. The molecule has 0 aromatic carbocycles. The van der Waals surface area contributed by atoms with Crippen molar-refractivity contribution in [3.63, 3.8) is 0 Å². The standard InChI is InChI=1S/C6H11N3O3S2/c1-4(2)3-5-7-8-6(13-5)9-14(10,11)12/h4H,3H2,1-2H3,(H,8,9)(H,10,11,12). The monoisotopic (exact) mass is 237 g/mol. The number of nitrogens with one attached hydrogen (secondary N) is 1. The highest BCUT2D eigenvalue weighted by Gasteiger charge is 2.10. The van der Waals surface area contributed by atoms with Gasteiger partial charge in [-0.2, -0.15) is 8.42 Å². The highest BCUT2D eigenvalue weighted by Crippen LogP contribution is 2.18. The van der Waals surface area contributed by atoms with Crippen LogP contribution in [0.4, 0.5) is 5.13 Å². The molecule has 0 aliphatic carbocycles. The van der Waals surface area contributed by atoms with Crippen molar-refractivity contribution in [1.82, 2.24) is 10.2 Å². The summed E-state index contributed by atoms with van der Waals surface area (Å²) < 4.78 is 31.1. The second-order valence-corrected chi connectivity index (χ2v) is 5.39. The molecule has 1 heterocycles. The third-order valence-electron chi connectivity index (χ3n) is 1.27. The fourth-order valence-corrected chi connectivity index (χ4v) is 2.38. The normalized spacial score (nSPS) is 12.0. The average Bonchev–Trinajstić information content (AvgIpc) is 2.30. The summed E-state index contributed by atoms with van der Waals surface area (Å²) in [4.78, 5) is 0. The predicted octanol–water partition coefficient (Wildman–Crippen LogP) is 0.951. The lowest BCUT2D eigenvalue weighted by Gasteiger charge is -1.97. The van der Waals surface area contributed by atoms with Crippen LogP contribution in [0.2, 0.25) is 0 Å². The minimum absolute atomic E-state index is 0.0863. The van der Waals surface area contributed by atoms with Gasteiger partial charge in [-0.1, -0.05) is 25.2 Å². The van der Waals surface area contributed by atoms with E-state index in [4.69, 9.17) is 4.55 Å². The van der Waals surface area contributed by atoms with E-state index in [1.54, 1.807) is 0 Å². The van der Waals surface area contributed by atoms with Crippen LogP contribution < -0.4 is 4.72 Å². The highest BCUT2D eigenvalue weighted by molar-refractivity contribution is 7.87. The highest BCUT2D eigenvalue weighted by atomic mass is 32.2. The molecule has 6 nitrogen and oxygen atoms in total. The van der Waals surface area contributed by atoms with Gasteiger partial charge in [0, 0.05) is 6.42 Å². The zero-order valence-corrected chi connectivity index (χ0v) is 9.39. The van der Waals surface area contributed by atoms with Crippen molar-refractivity contribution < 1.29 is 13.0 Å². The van der Waals surface area contributed by atoms with Gasteiger partial charge in [-0.25, -0.2) is 4.72 Å². The van der Waals surface area contributed by atoms with Crippen LogP contribution in [0.25, 0.3) is 0 Å². The fraction of sp³-hybridized carbons (Fsp3) is 0.667. The summed E-state index contributed by atoms with van der Waals surface area (Å²) >= 11 is 1.12. The Bertz CT molecular complexity index is 398. The Hall–Kier alpha value is -0.730. The second-order valence-electron chi connectivity index (χ2n) is 3.18. The van der Waals surface area contributed by atoms with Crippen molar-refractivity contribution >= 4 is 26.8 Å². The molecule has 0 saturated carbocycles. The number of hydrogen-bond acceptors (Lipinski definition) is 5. The molecule has 0 amide bonds. The van der Waals surface area contributed by atoms with E-state index in [0.29, 0.717) is 5.92 Å². The van der Waals surface area contributed by atoms with Gasteiger partial charge < -0.3 is 0 Å². The maximum atomic E-state index is 10.4. The number of hydrogen-bond donors (Lipinski definition) is 2. The zero-order chi connectivity index (χ0) is 10.8. The summed E-state index contributed by atoms with van der Waals surface area (Å²) in [6.07, 6.45) is 0.741. The van der Waals surface area contributed by atoms with Crippen LogP contribution in [0.5, 0.6) is 0 Å². The second kappa shape index (κ2) is 4.20. The van der Waals surface area contributed by atoms with Gasteiger partial charge in [0.2, 0.25) is 5.13 Å². The summed E-state index contributed by atoms with van der Waals surface area (Å²) in [5, 5.41) is 8.17. The maximum absolute atomic E-state index is 10.4. The first kappa shape index (κ1) is 11.3. The van der Waals surface area contributed by atoms with Gasteiger partial charge in [0.25, 0.3) is 0 Å². The molecule has 0 atom stereocenters. The van der Waals surface area contributed by atoms with Crippen molar-refractivity contribution in [2.75, 3.05) is 4.72 Å². The lowest BCUT2D eigenvalue weighted by Crippen LogP contribution is -2.09. The summed E-state index contributed by atoms with van der Waals surface area (Å²) in [5.74, 6) is 0.432. The quantitative estimate of drug-likeness (QED) is 0.761. The van der Waals surface area contributed by atoms with Gasteiger partial charge in [-0.05, 0) is 5.92 Å². The van der Waals surface area contributed by atoms with E-state index in [-0.39, 0.29) is 5.13 Å². The lowest BCUT2D eigenvalue weighted by molar-refractivity contribution is 0.489. The summed E-state index contributed by atoms with van der Waals surface area (Å²) in [7, 11) is -4.23. The average molecular weight is 237 g/mol. The van der Waals surface area contributed by atoms with Crippen LogP contribution in [0.1, 0.15) is 18.9 Å². The Kier molecular flexibility index (Phi) is 3.40. The first-order valence-corrected chi connectivity index (χ1v) is 6.20. The molecule has 0 aliphatic rings. The summed E-state index contributed by atoms with van der Waals surface area (Å²) in [6.45, 7) is 4.05. The third kappa shape index (κ3) is 3.99. The molecule has 0 saturated heterocycles. The van der Waals surface area contributed by atoms with Crippen molar-refractivity contribution in [2.45, 2.75) is 20.3 Å². The van der Waals surface area contributed by atoms with E-state index >= 15 is 0 Å². The van der Waals surface area contributed by atoms with Crippen molar-refractivity contribution in [2.24, 2.45) is 5.92 Å². The van der Waals surface area contributed by atoms with Crippen LogP contribution in [-0.2, 0) is 16.7 Å². The third-order valence-corrected chi connectivity index (χ3v) is 2.71. The number of aromatic nitrogens is 2. The van der Waals surface area contributed by atoms with Crippen molar-refractivity contribution in [3.05, 3.63) is 5.01 Å². The number of anilines is 1. The van der Waals surface area contributed by atoms with Crippen LogP contribution in [0.3, 0.4) is 0 Å². The largest absolute Gasteiger partial charge is 0.359 e. The molecule has 1 aromatic rings. The van der Waals surface area contributed by atoms with Crippen LogP contribution in [0, 0.1) is 5.92 Å². The molecule has 0 fully saturated rings. The van der Waals surface area contributed by atoms with Gasteiger partial charge in [0.05, 0.1) is 0 Å². The molecular weight excluding hydrogens is 226 g/mol. The Morgan fingerprint density at radius 1 is 1.50 bits per heavy atom. The number of rotatable bonds is 4. The summed E-state index contributed by atoms with van der Waals surface area (Å²) in [5.41, 5.74) is 0. The Labute approximate surface area is 86.3 Å². The molecule has 1 aromatic heterocycles. The molecule has 0 spiro atoms. The lowest BCUT2D eigenvalue weighted by atomic mass is 10.1. The van der Waals surface area contributed by atoms with Crippen LogP contribution in [-0.4, -0.2) is 23.2 Å². The minimum atomic E-state index is -4.23. The van der Waals surface area contributed by atoms with E-state index in [1.807, 2.05) is 18.6 Å².